The number of hydrogen-bond acceptors (Lipinski definition) is 3. The minimum absolute atomic E-state index is 0.0916. The summed E-state index contributed by atoms with van der Waals surface area (Å²) in [6.45, 7) is 5.85. The lowest BCUT2D eigenvalue weighted by Gasteiger charge is -2.16. The van der Waals surface area contributed by atoms with Gasteiger partial charge in [-0.05, 0) is 38.5 Å². The monoisotopic (exact) mass is 341 g/mol. The first-order valence-electron chi connectivity index (χ1n) is 6.70. The zero-order chi connectivity index (χ0) is 15.1. The number of carbonyl (C=O) groups excluding carboxylic acids is 2. The van der Waals surface area contributed by atoms with Crippen molar-refractivity contribution < 1.29 is 14.3 Å². The van der Waals surface area contributed by atoms with Crippen molar-refractivity contribution in [3.8, 4) is 5.75 Å². The van der Waals surface area contributed by atoms with Crippen LogP contribution < -0.4 is 10.1 Å². The normalized spacial score (nSPS) is 11.8. The fourth-order valence-electron chi connectivity index (χ4n) is 1.66. The van der Waals surface area contributed by atoms with E-state index in [1.165, 1.54) is 6.92 Å². The molecule has 0 saturated heterocycles. The maximum absolute atomic E-state index is 11.9. The highest BCUT2D eigenvalue weighted by Crippen LogP contribution is 2.25. The van der Waals surface area contributed by atoms with Crippen LogP contribution >= 0.6 is 15.9 Å². The van der Waals surface area contributed by atoms with Gasteiger partial charge >= 0.3 is 0 Å². The van der Waals surface area contributed by atoms with Gasteiger partial charge in [-0.3, -0.25) is 9.59 Å². The maximum Gasteiger partial charge on any atom is 0.260 e. The van der Waals surface area contributed by atoms with Crippen LogP contribution in [-0.4, -0.2) is 24.3 Å². The third-order valence-electron chi connectivity index (χ3n) is 2.83. The number of ether oxygens (including phenoxy) is 1. The molecule has 0 bridgehead atoms. The van der Waals surface area contributed by atoms with Gasteiger partial charge in [0.15, 0.2) is 11.9 Å². The molecular formula is C15H20BrNO3. The molecule has 20 heavy (non-hydrogen) atoms. The number of ketones is 1. The van der Waals surface area contributed by atoms with Crippen molar-refractivity contribution in [2.24, 2.45) is 0 Å². The van der Waals surface area contributed by atoms with Gasteiger partial charge in [-0.25, -0.2) is 0 Å². The quantitative estimate of drug-likeness (QED) is 0.611. The third-order valence-corrected chi connectivity index (χ3v) is 3.32. The molecule has 1 aromatic carbocycles. The molecule has 0 radical (unpaired) electrons. The van der Waals surface area contributed by atoms with E-state index in [1.54, 1.807) is 25.1 Å². The minimum Gasteiger partial charge on any atom is -0.480 e. The van der Waals surface area contributed by atoms with Crippen LogP contribution in [0.15, 0.2) is 22.7 Å². The van der Waals surface area contributed by atoms with E-state index in [9.17, 15) is 9.59 Å². The molecule has 5 heteroatoms. The molecule has 1 unspecified atom stereocenters. The number of Topliss-reactive ketones (excluding diaryl/α,β-unsaturated/α-hetero) is 1. The zero-order valence-electron chi connectivity index (χ0n) is 12.0. The second-order valence-corrected chi connectivity index (χ2v) is 5.52. The molecule has 0 spiro atoms. The van der Waals surface area contributed by atoms with Crippen LogP contribution in [0.4, 0.5) is 0 Å². The fraction of sp³-hybridized carbons (Fsp3) is 0.467. The lowest BCUT2D eigenvalue weighted by Crippen LogP contribution is -2.37. The Bertz CT molecular complexity index is 488. The number of benzene rings is 1. The maximum atomic E-state index is 11.9. The lowest BCUT2D eigenvalue weighted by molar-refractivity contribution is -0.127. The molecule has 0 heterocycles. The molecule has 1 N–H and O–H groups in total. The molecule has 0 saturated carbocycles. The van der Waals surface area contributed by atoms with Crippen LogP contribution in [0, 0.1) is 0 Å². The van der Waals surface area contributed by atoms with Crippen LogP contribution in [0.1, 0.15) is 44.0 Å². The smallest absolute Gasteiger partial charge is 0.260 e. The van der Waals surface area contributed by atoms with Crippen LogP contribution in [-0.2, 0) is 4.79 Å². The van der Waals surface area contributed by atoms with E-state index in [4.69, 9.17) is 4.74 Å². The number of unbranched alkanes of at least 4 members (excludes halogenated alkanes) is 1. The highest BCUT2D eigenvalue weighted by atomic mass is 79.9. The predicted molar refractivity (Wildman–Crippen MR) is 82.2 cm³/mol. The molecule has 0 aliphatic heterocycles. The molecular weight excluding hydrogens is 322 g/mol. The summed E-state index contributed by atoms with van der Waals surface area (Å²) in [6, 6.07) is 5.16. The molecule has 1 aromatic rings. The molecule has 1 atom stereocenters. The topological polar surface area (TPSA) is 55.4 Å². The number of amides is 1. The van der Waals surface area contributed by atoms with E-state index in [2.05, 4.69) is 28.2 Å². The largest absolute Gasteiger partial charge is 0.480 e. The number of halogens is 1. The Morgan fingerprint density at radius 3 is 2.70 bits per heavy atom. The van der Waals surface area contributed by atoms with Crippen molar-refractivity contribution in [2.45, 2.75) is 39.7 Å². The lowest BCUT2D eigenvalue weighted by atomic mass is 10.1. The molecule has 0 aliphatic rings. The Balaban J connectivity index is 2.74. The summed E-state index contributed by atoms with van der Waals surface area (Å²) < 4.78 is 6.42. The van der Waals surface area contributed by atoms with Gasteiger partial charge in [0.25, 0.3) is 5.91 Å². The Hall–Kier alpha value is -1.36. The standard InChI is InChI=1S/C15H20BrNO3/c1-4-5-8-17-15(19)11(3)20-14-9-12(16)6-7-13(14)10(2)18/h6-7,9,11H,4-5,8H2,1-3H3,(H,17,19). The van der Waals surface area contributed by atoms with Crippen LogP contribution in [0.3, 0.4) is 0 Å². The van der Waals surface area contributed by atoms with Gasteiger partial charge in [0.05, 0.1) is 5.56 Å². The third kappa shape index (κ3) is 4.96. The first kappa shape index (κ1) is 16.7. The average molecular weight is 342 g/mol. The van der Waals surface area contributed by atoms with E-state index < -0.39 is 6.10 Å². The summed E-state index contributed by atoms with van der Waals surface area (Å²) in [5, 5.41) is 2.81. The van der Waals surface area contributed by atoms with E-state index in [1.807, 2.05) is 0 Å². The van der Waals surface area contributed by atoms with Gasteiger partial charge in [-0.2, -0.15) is 0 Å². The number of nitrogens with one attached hydrogen (secondary N) is 1. The van der Waals surface area contributed by atoms with Gasteiger partial charge in [0, 0.05) is 11.0 Å². The van der Waals surface area contributed by atoms with Crippen LogP contribution in [0.5, 0.6) is 5.75 Å². The van der Waals surface area contributed by atoms with E-state index in [-0.39, 0.29) is 11.7 Å². The van der Waals surface area contributed by atoms with Gasteiger partial charge in [-0.15, -0.1) is 0 Å². The molecule has 1 rings (SSSR count). The summed E-state index contributed by atoms with van der Waals surface area (Å²) in [5.41, 5.74) is 0.474. The summed E-state index contributed by atoms with van der Waals surface area (Å²) in [5.74, 6) is 0.157. The summed E-state index contributed by atoms with van der Waals surface area (Å²) in [6.07, 6.45) is 1.32. The number of carbonyl (C=O) groups is 2. The summed E-state index contributed by atoms with van der Waals surface area (Å²) in [7, 11) is 0. The second-order valence-electron chi connectivity index (χ2n) is 4.60. The summed E-state index contributed by atoms with van der Waals surface area (Å²) >= 11 is 3.33. The molecule has 1 amide bonds. The van der Waals surface area contributed by atoms with Crippen molar-refractivity contribution in [1.29, 1.82) is 0 Å². The zero-order valence-corrected chi connectivity index (χ0v) is 13.6. The van der Waals surface area contributed by atoms with Crippen molar-refractivity contribution in [3.05, 3.63) is 28.2 Å². The van der Waals surface area contributed by atoms with Crippen molar-refractivity contribution in [1.82, 2.24) is 5.32 Å². The van der Waals surface area contributed by atoms with Crippen LogP contribution in [0.25, 0.3) is 0 Å². The first-order valence-corrected chi connectivity index (χ1v) is 7.49. The Morgan fingerprint density at radius 2 is 2.10 bits per heavy atom. The van der Waals surface area contributed by atoms with E-state index in [0.29, 0.717) is 17.9 Å². The van der Waals surface area contributed by atoms with Gasteiger partial charge in [0.2, 0.25) is 0 Å². The van der Waals surface area contributed by atoms with Gasteiger partial charge < -0.3 is 10.1 Å². The Kier molecular flexibility index (Phi) is 6.71. The highest BCUT2D eigenvalue weighted by Gasteiger charge is 2.17. The van der Waals surface area contributed by atoms with Gasteiger partial charge in [-0.1, -0.05) is 29.3 Å². The minimum atomic E-state index is -0.640. The van der Waals surface area contributed by atoms with E-state index >= 15 is 0 Å². The van der Waals surface area contributed by atoms with Crippen molar-refractivity contribution in [3.63, 3.8) is 0 Å². The van der Waals surface area contributed by atoms with Gasteiger partial charge in [0.1, 0.15) is 5.75 Å². The SMILES string of the molecule is CCCCNC(=O)C(C)Oc1cc(Br)ccc1C(C)=O. The first-order chi connectivity index (χ1) is 9.45. The number of hydrogen-bond donors (Lipinski definition) is 1. The summed E-state index contributed by atoms with van der Waals surface area (Å²) in [4.78, 5) is 23.4. The highest BCUT2D eigenvalue weighted by molar-refractivity contribution is 9.10. The average Bonchev–Trinajstić information content (AvgIpc) is 2.38. The number of rotatable bonds is 7. The van der Waals surface area contributed by atoms with Crippen molar-refractivity contribution in [2.75, 3.05) is 6.54 Å². The van der Waals surface area contributed by atoms with Crippen molar-refractivity contribution >= 4 is 27.6 Å². The molecule has 0 fully saturated rings. The predicted octanol–water partition coefficient (Wildman–Crippen LogP) is 3.34. The second kappa shape index (κ2) is 8.04. The fourth-order valence-corrected chi connectivity index (χ4v) is 2.00. The van der Waals surface area contributed by atoms with Crippen LogP contribution in [0.2, 0.25) is 0 Å². The molecule has 110 valence electrons. The Labute approximate surface area is 128 Å². The Morgan fingerprint density at radius 1 is 1.40 bits per heavy atom. The molecule has 0 aliphatic carbocycles. The van der Waals surface area contributed by atoms with E-state index in [0.717, 1.165) is 17.3 Å². The molecule has 4 nitrogen and oxygen atoms in total. The molecule has 0 aromatic heterocycles.